The number of benzene rings is 2. The number of nitrogens with one attached hydrogen (secondary N) is 1. The first-order valence-corrected chi connectivity index (χ1v) is 8.24. The van der Waals surface area contributed by atoms with Crippen LogP contribution in [0.4, 0.5) is 24.5 Å². The van der Waals surface area contributed by atoms with Gasteiger partial charge in [0.25, 0.3) is 5.91 Å². The summed E-state index contributed by atoms with van der Waals surface area (Å²) in [5.41, 5.74) is -0.478. The Labute approximate surface area is 154 Å². The molecule has 0 atom stereocenters. The number of halogens is 4. The van der Waals surface area contributed by atoms with Crippen molar-refractivity contribution in [2.45, 2.75) is 6.18 Å². The molecule has 1 N–H and O–H groups in total. The molecule has 2 aromatic rings. The maximum Gasteiger partial charge on any atom is 0.417 e. The number of amides is 2. The van der Waals surface area contributed by atoms with Gasteiger partial charge < -0.3 is 10.1 Å². The van der Waals surface area contributed by atoms with Crippen molar-refractivity contribution < 1.29 is 27.5 Å². The summed E-state index contributed by atoms with van der Waals surface area (Å²) in [6, 6.07) is 10.1. The van der Waals surface area contributed by atoms with E-state index in [1.165, 1.54) is 17.0 Å². The van der Waals surface area contributed by atoms with Gasteiger partial charge in [-0.25, -0.2) is 0 Å². The topological polar surface area (TPSA) is 58.6 Å². The number of hydrogen-bond acceptors (Lipinski definition) is 3. The van der Waals surface area contributed by atoms with Crippen LogP contribution >= 0.6 is 15.9 Å². The zero-order valence-electron chi connectivity index (χ0n) is 13.1. The quantitative estimate of drug-likeness (QED) is 0.807. The predicted octanol–water partition coefficient (Wildman–Crippen LogP) is 3.83. The van der Waals surface area contributed by atoms with Crippen molar-refractivity contribution in [2.75, 3.05) is 23.4 Å². The van der Waals surface area contributed by atoms with Crippen LogP contribution in [0.5, 0.6) is 5.75 Å². The molecule has 0 spiro atoms. The zero-order chi connectivity index (χ0) is 18.9. The number of para-hydroxylation sites is 2. The lowest BCUT2D eigenvalue weighted by Crippen LogP contribution is -2.43. The van der Waals surface area contributed by atoms with E-state index in [0.717, 1.165) is 6.07 Å². The highest BCUT2D eigenvalue weighted by Gasteiger charge is 2.33. The van der Waals surface area contributed by atoms with E-state index < -0.39 is 23.6 Å². The minimum absolute atomic E-state index is 0.0143. The Kier molecular flexibility index (Phi) is 4.90. The van der Waals surface area contributed by atoms with Gasteiger partial charge in [-0.3, -0.25) is 14.5 Å². The number of anilines is 2. The van der Waals surface area contributed by atoms with Crippen LogP contribution in [0.1, 0.15) is 5.56 Å². The first-order chi connectivity index (χ1) is 12.3. The van der Waals surface area contributed by atoms with Crippen molar-refractivity contribution in [1.82, 2.24) is 0 Å². The summed E-state index contributed by atoms with van der Waals surface area (Å²) in [6.07, 6.45) is -4.56. The average Bonchev–Trinajstić information content (AvgIpc) is 2.58. The third-order valence-corrected chi connectivity index (χ3v) is 4.36. The van der Waals surface area contributed by atoms with Crippen molar-refractivity contribution in [3.63, 3.8) is 0 Å². The Morgan fingerprint density at radius 2 is 1.96 bits per heavy atom. The van der Waals surface area contributed by atoms with Crippen LogP contribution in [-0.4, -0.2) is 25.0 Å². The molecule has 0 bridgehead atoms. The van der Waals surface area contributed by atoms with Crippen LogP contribution in [-0.2, 0) is 15.8 Å². The number of alkyl halides is 3. The van der Waals surface area contributed by atoms with E-state index in [9.17, 15) is 22.8 Å². The molecule has 0 fully saturated rings. The van der Waals surface area contributed by atoms with E-state index >= 15 is 0 Å². The van der Waals surface area contributed by atoms with E-state index in [1.807, 2.05) is 0 Å². The van der Waals surface area contributed by atoms with Crippen molar-refractivity contribution in [2.24, 2.45) is 0 Å². The SMILES string of the molecule is O=C(CN1C(=O)COc2ccccc21)Nc1ccc(Br)c(C(F)(F)F)c1. The summed E-state index contributed by atoms with van der Waals surface area (Å²) in [5.74, 6) is -0.570. The molecule has 1 aliphatic heterocycles. The van der Waals surface area contributed by atoms with Gasteiger partial charge in [0.15, 0.2) is 6.61 Å². The number of carbonyl (C=O) groups is 2. The van der Waals surface area contributed by atoms with Gasteiger partial charge in [-0.05, 0) is 30.3 Å². The van der Waals surface area contributed by atoms with E-state index in [1.54, 1.807) is 24.3 Å². The van der Waals surface area contributed by atoms with Crippen molar-refractivity contribution in [3.8, 4) is 5.75 Å². The molecule has 1 heterocycles. The van der Waals surface area contributed by atoms with Gasteiger partial charge in [-0.2, -0.15) is 13.2 Å². The van der Waals surface area contributed by atoms with Crippen molar-refractivity contribution in [1.29, 1.82) is 0 Å². The number of fused-ring (bicyclic) bond motifs is 1. The summed E-state index contributed by atoms with van der Waals surface area (Å²) in [4.78, 5) is 25.5. The maximum absolute atomic E-state index is 12.9. The van der Waals surface area contributed by atoms with Crippen LogP contribution in [0.25, 0.3) is 0 Å². The molecule has 0 aromatic heterocycles. The summed E-state index contributed by atoms with van der Waals surface area (Å²) >= 11 is 2.84. The molecule has 0 radical (unpaired) electrons. The van der Waals surface area contributed by atoms with E-state index in [2.05, 4.69) is 21.2 Å². The Morgan fingerprint density at radius 3 is 2.69 bits per heavy atom. The van der Waals surface area contributed by atoms with Gasteiger partial charge in [0.1, 0.15) is 12.3 Å². The van der Waals surface area contributed by atoms with Crippen LogP contribution in [0.3, 0.4) is 0 Å². The lowest BCUT2D eigenvalue weighted by molar-refractivity contribution is -0.138. The predicted molar refractivity (Wildman–Crippen MR) is 92.1 cm³/mol. The van der Waals surface area contributed by atoms with E-state index in [0.29, 0.717) is 11.4 Å². The van der Waals surface area contributed by atoms with Crippen LogP contribution in [0, 0.1) is 0 Å². The molecule has 0 saturated heterocycles. The molecule has 9 heteroatoms. The fourth-order valence-electron chi connectivity index (χ4n) is 2.49. The molecular weight excluding hydrogens is 417 g/mol. The average molecular weight is 429 g/mol. The first kappa shape index (κ1) is 18.2. The molecule has 136 valence electrons. The lowest BCUT2D eigenvalue weighted by atomic mass is 10.2. The number of rotatable bonds is 3. The standard InChI is InChI=1S/C17H12BrF3N2O3/c18-12-6-5-10(7-11(12)17(19,20)21)22-15(24)8-23-13-3-1-2-4-14(13)26-9-16(23)25/h1-7H,8-9H2,(H,22,24). The second kappa shape index (κ2) is 6.99. The fourth-order valence-corrected chi connectivity index (χ4v) is 2.96. The highest BCUT2D eigenvalue weighted by molar-refractivity contribution is 9.10. The first-order valence-electron chi connectivity index (χ1n) is 7.44. The monoisotopic (exact) mass is 428 g/mol. The molecule has 2 aromatic carbocycles. The summed E-state index contributed by atoms with van der Waals surface area (Å²) in [7, 11) is 0. The second-order valence-corrected chi connectivity index (χ2v) is 6.33. The van der Waals surface area contributed by atoms with Gasteiger partial charge in [0.05, 0.1) is 11.3 Å². The molecule has 0 unspecified atom stereocenters. The van der Waals surface area contributed by atoms with Crippen molar-refractivity contribution in [3.05, 3.63) is 52.5 Å². The maximum atomic E-state index is 12.9. The number of carbonyl (C=O) groups excluding carboxylic acids is 2. The van der Waals surface area contributed by atoms with Gasteiger partial charge in [0, 0.05) is 10.2 Å². The minimum atomic E-state index is -4.56. The Morgan fingerprint density at radius 1 is 1.23 bits per heavy atom. The molecule has 5 nitrogen and oxygen atoms in total. The highest BCUT2D eigenvalue weighted by Crippen LogP contribution is 2.36. The third kappa shape index (κ3) is 3.82. The summed E-state index contributed by atoms with van der Waals surface area (Å²) in [5, 5.41) is 2.39. The van der Waals surface area contributed by atoms with Crippen LogP contribution in [0.15, 0.2) is 46.9 Å². The Balaban J connectivity index is 1.77. The van der Waals surface area contributed by atoms with Gasteiger partial charge >= 0.3 is 6.18 Å². The molecule has 2 amide bonds. The Hall–Kier alpha value is -2.55. The molecule has 1 aliphatic rings. The largest absolute Gasteiger partial charge is 0.482 e. The van der Waals surface area contributed by atoms with Crippen molar-refractivity contribution >= 4 is 39.1 Å². The molecule has 26 heavy (non-hydrogen) atoms. The third-order valence-electron chi connectivity index (χ3n) is 3.67. The van der Waals surface area contributed by atoms with Gasteiger partial charge in [-0.15, -0.1) is 0 Å². The smallest absolute Gasteiger partial charge is 0.417 e. The van der Waals surface area contributed by atoms with Gasteiger partial charge in [-0.1, -0.05) is 28.1 Å². The molecule has 3 rings (SSSR count). The van der Waals surface area contributed by atoms with E-state index in [-0.39, 0.29) is 23.3 Å². The van der Waals surface area contributed by atoms with Crippen LogP contribution < -0.4 is 15.0 Å². The highest BCUT2D eigenvalue weighted by atomic mass is 79.9. The number of nitrogens with zero attached hydrogens (tertiary/aromatic N) is 1. The summed E-state index contributed by atoms with van der Waals surface area (Å²) in [6.45, 7) is -0.544. The lowest BCUT2D eigenvalue weighted by Gasteiger charge is -2.28. The molecular formula is C17H12BrF3N2O3. The fraction of sp³-hybridized carbons (Fsp3) is 0.176. The molecule has 0 saturated carbocycles. The normalized spacial score (nSPS) is 13.8. The van der Waals surface area contributed by atoms with E-state index in [4.69, 9.17) is 4.74 Å². The molecule has 0 aliphatic carbocycles. The zero-order valence-corrected chi connectivity index (χ0v) is 14.7. The second-order valence-electron chi connectivity index (χ2n) is 5.48. The summed E-state index contributed by atoms with van der Waals surface area (Å²) < 4.78 is 44.0. The minimum Gasteiger partial charge on any atom is -0.482 e. The van der Waals surface area contributed by atoms with Crippen LogP contribution in [0.2, 0.25) is 0 Å². The number of hydrogen-bond donors (Lipinski definition) is 1. The Bertz CT molecular complexity index is 871. The number of ether oxygens (including phenoxy) is 1. The van der Waals surface area contributed by atoms with Gasteiger partial charge in [0.2, 0.25) is 5.91 Å².